The molecule has 0 saturated carbocycles. The van der Waals surface area contributed by atoms with Crippen molar-refractivity contribution in [3.05, 3.63) is 99.6 Å². The molecule has 2 saturated heterocycles. The van der Waals surface area contributed by atoms with Crippen molar-refractivity contribution in [3.8, 4) is 5.75 Å². The molecule has 0 bridgehead atoms. The first kappa shape index (κ1) is 31.3. The number of anilines is 3. The van der Waals surface area contributed by atoms with E-state index < -0.39 is 11.8 Å². The molecule has 3 aromatic carbocycles. The number of amides is 2. The zero-order valence-corrected chi connectivity index (χ0v) is 27.3. The molecule has 45 heavy (non-hydrogen) atoms. The Morgan fingerprint density at radius 2 is 1.78 bits per heavy atom. The van der Waals surface area contributed by atoms with Crippen LogP contribution in [0.25, 0.3) is 6.08 Å². The molecule has 2 aliphatic heterocycles. The number of carbonyl (C=O) groups excluding carboxylic acids is 2. The number of nitrogens with one attached hydrogen (secondary N) is 1. The molecular formula is C37H39BrN2O5. The van der Waals surface area contributed by atoms with Gasteiger partial charge in [0.2, 0.25) is 11.8 Å². The zero-order valence-electron chi connectivity index (χ0n) is 25.7. The second-order valence-electron chi connectivity index (χ2n) is 12.1. The SMILES string of the molecule is CCC/C(=C\c1cc(Br)ccc1O)CC[C@H]1OC[C@H]2C1=C(COC)C[C@H]1C(=O)N(c3ccc(Nc4ccccc4)cc3)C(=O)[C@H]12. The number of fused-ring (bicyclic) bond motifs is 3. The highest BCUT2D eigenvalue weighted by molar-refractivity contribution is 9.10. The molecule has 2 fully saturated rings. The molecule has 0 spiro atoms. The van der Waals surface area contributed by atoms with E-state index in [0.717, 1.165) is 58.2 Å². The quantitative estimate of drug-likeness (QED) is 0.159. The lowest BCUT2D eigenvalue weighted by molar-refractivity contribution is -0.122. The fourth-order valence-corrected chi connectivity index (χ4v) is 7.56. The standard InChI is InChI=1S/C37H39BrN2O5/c1-3-7-23(18-24-19-26(38)11-16-32(24)41)10-17-33-34-25(21-44-2)20-30-35(31(34)22-45-33)37(43)40(36(30)42)29-14-12-28(13-15-29)39-27-8-5-4-6-9-27/h4-6,8-9,11-16,18-19,30-31,33,35,39,41H,3,7,10,17,20-22H2,1-2H3/b23-18+/t30-,31+,33-,35-/m1/s1. The van der Waals surface area contributed by atoms with Crippen LogP contribution in [0.2, 0.25) is 0 Å². The lowest BCUT2D eigenvalue weighted by Gasteiger charge is -2.31. The van der Waals surface area contributed by atoms with Gasteiger partial charge in [0.05, 0.1) is 36.8 Å². The molecule has 8 heteroatoms. The van der Waals surface area contributed by atoms with E-state index in [9.17, 15) is 14.7 Å². The topological polar surface area (TPSA) is 88.1 Å². The van der Waals surface area contributed by atoms with Crippen LogP contribution < -0.4 is 10.2 Å². The Kier molecular flexibility index (Phi) is 9.54. The van der Waals surface area contributed by atoms with Crippen molar-refractivity contribution in [2.24, 2.45) is 17.8 Å². The van der Waals surface area contributed by atoms with Gasteiger partial charge in [-0.2, -0.15) is 0 Å². The lowest BCUT2D eigenvalue weighted by atomic mass is 9.69. The van der Waals surface area contributed by atoms with E-state index in [4.69, 9.17) is 9.47 Å². The van der Waals surface area contributed by atoms with Crippen LogP contribution in [-0.2, 0) is 19.1 Å². The number of methoxy groups -OCH3 is 1. The highest BCUT2D eigenvalue weighted by Gasteiger charge is 2.57. The van der Waals surface area contributed by atoms with E-state index in [2.05, 4.69) is 34.2 Å². The molecule has 0 aromatic heterocycles. The first-order valence-electron chi connectivity index (χ1n) is 15.7. The first-order chi connectivity index (χ1) is 21.9. The third kappa shape index (κ3) is 6.50. The van der Waals surface area contributed by atoms with Crippen LogP contribution in [0.15, 0.2) is 94.0 Å². The fraction of sp³-hybridized carbons (Fsp3) is 0.351. The molecule has 4 atom stereocenters. The van der Waals surface area contributed by atoms with Crippen molar-refractivity contribution in [2.75, 3.05) is 30.5 Å². The molecule has 2 heterocycles. The first-order valence-corrected chi connectivity index (χ1v) is 16.5. The molecule has 2 amide bonds. The summed E-state index contributed by atoms with van der Waals surface area (Å²) in [5, 5.41) is 13.8. The van der Waals surface area contributed by atoms with Crippen molar-refractivity contribution in [2.45, 2.75) is 45.1 Å². The average molecular weight is 672 g/mol. The van der Waals surface area contributed by atoms with Crippen LogP contribution in [0.1, 0.15) is 44.6 Å². The van der Waals surface area contributed by atoms with Crippen LogP contribution in [0.5, 0.6) is 5.75 Å². The number of aromatic hydroxyl groups is 1. The Hall–Kier alpha value is -3.72. The fourth-order valence-electron chi connectivity index (χ4n) is 7.18. The van der Waals surface area contributed by atoms with E-state index in [1.54, 1.807) is 13.2 Å². The van der Waals surface area contributed by atoms with E-state index in [-0.39, 0.29) is 29.6 Å². The van der Waals surface area contributed by atoms with Gasteiger partial charge in [-0.3, -0.25) is 14.5 Å². The average Bonchev–Trinajstić information content (AvgIpc) is 3.57. The van der Waals surface area contributed by atoms with Crippen LogP contribution in [0, 0.1) is 17.8 Å². The minimum absolute atomic E-state index is 0.141. The monoisotopic (exact) mass is 670 g/mol. The van der Waals surface area contributed by atoms with Gasteiger partial charge in [0.25, 0.3) is 0 Å². The molecule has 0 unspecified atom stereocenters. The minimum atomic E-state index is -0.440. The number of hydrogen-bond acceptors (Lipinski definition) is 6. The third-order valence-corrected chi connectivity index (χ3v) is 9.66. The maximum absolute atomic E-state index is 14.0. The summed E-state index contributed by atoms with van der Waals surface area (Å²) in [6, 6.07) is 22.8. The highest BCUT2D eigenvalue weighted by atomic mass is 79.9. The molecule has 234 valence electrons. The molecular weight excluding hydrogens is 632 g/mol. The molecule has 3 aromatic rings. The van der Waals surface area contributed by atoms with Gasteiger partial charge in [-0.05, 0) is 91.4 Å². The van der Waals surface area contributed by atoms with Crippen molar-refractivity contribution in [1.29, 1.82) is 0 Å². The van der Waals surface area contributed by atoms with Gasteiger partial charge >= 0.3 is 0 Å². The van der Waals surface area contributed by atoms with Gasteiger partial charge in [0, 0.05) is 34.4 Å². The highest BCUT2D eigenvalue weighted by Crippen LogP contribution is 2.50. The van der Waals surface area contributed by atoms with Crippen LogP contribution in [0.3, 0.4) is 0 Å². The predicted molar refractivity (Wildman–Crippen MR) is 180 cm³/mol. The number of phenolic OH excluding ortho intramolecular Hbond substituents is 1. The summed E-state index contributed by atoms with van der Waals surface area (Å²) in [6.45, 7) is 2.99. The van der Waals surface area contributed by atoms with Gasteiger partial charge in [-0.1, -0.05) is 59.1 Å². The smallest absolute Gasteiger partial charge is 0.238 e. The molecule has 6 rings (SSSR count). The van der Waals surface area contributed by atoms with E-state index in [0.29, 0.717) is 25.3 Å². The number of halogens is 1. The second-order valence-corrected chi connectivity index (χ2v) is 13.0. The van der Waals surface area contributed by atoms with Gasteiger partial charge in [-0.25, -0.2) is 0 Å². The van der Waals surface area contributed by atoms with E-state index >= 15 is 0 Å². The third-order valence-electron chi connectivity index (χ3n) is 9.16. The van der Waals surface area contributed by atoms with Gasteiger partial charge in [0.1, 0.15) is 5.75 Å². The number of nitrogens with zero attached hydrogens (tertiary/aromatic N) is 1. The van der Waals surface area contributed by atoms with Gasteiger partial charge in [0.15, 0.2) is 0 Å². The van der Waals surface area contributed by atoms with Crippen LogP contribution >= 0.6 is 15.9 Å². The summed E-state index contributed by atoms with van der Waals surface area (Å²) in [4.78, 5) is 29.2. The number of para-hydroxylation sites is 1. The van der Waals surface area contributed by atoms with Crippen LogP contribution in [0.4, 0.5) is 17.1 Å². The maximum Gasteiger partial charge on any atom is 0.238 e. The molecule has 0 radical (unpaired) electrons. The molecule has 1 aliphatic carbocycles. The zero-order chi connectivity index (χ0) is 31.5. The minimum Gasteiger partial charge on any atom is -0.507 e. The number of phenols is 1. The molecule has 3 aliphatic rings. The number of ether oxygens (including phenoxy) is 2. The Labute approximate surface area is 273 Å². The Morgan fingerprint density at radius 1 is 1.02 bits per heavy atom. The van der Waals surface area contributed by atoms with Crippen molar-refractivity contribution in [3.63, 3.8) is 0 Å². The number of imide groups is 1. The summed E-state index contributed by atoms with van der Waals surface area (Å²) in [5.74, 6) is -1.04. The number of rotatable bonds is 11. The number of allylic oxidation sites excluding steroid dienone is 1. The van der Waals surface area contributed by atoms with Gasteiger partial charge in [-0.15, -0.1) is 0 Å². The van der Waals surface area contributed by atoms with Gasteiger partial charge < -0.3 is 19.9 Å². The predicted octanol–water partition coefficient (Wildman–Crippen LogP) is 8.03. The van der Waals surface area contributed by atoms with Crippen molar-refractivity contribution in [1.82, 2.24) is 0 Å². The summed E-state index contributed by atoms with van der Waals surface area (Å²) in [7, 11) is 1.67. The lowest BCUT2D eigenvalue weighted by Crippen LogP contribution is -2.35. The molecule has 7 nitrogen and oxygen atoms in total. The maximum atomic E-state index is 14.0. The summed E-state index contributed by atoms with van der Waals surface area (Å²) in [5.41, 5.74) is 6.70. The number of carbonyl (C=O) groups is 2. The summed E-state index contributed by atoms with van der Waals surface area (Å²) < 4.78 is 12.9. The van der Waals surface area contributed by atoms with Crippen molar-refractivity contribution >= 4 is 50.9 Å². The number of hydrogen-bond donors (Lipinski definition) is 2. The normalized spacial score (nSPS) is 23.0. The summed E-state index contributed by atoms with van der Waals surface area (Å²) in [6.07, 6.45) is 5.91. The molecule has 2 N–H and O–H groups in total. The van der Waals surface area contributed by atoms with E-state index in [1.807, 2.05) is 66.7 Å². The second kappa shape index (κ2) is 13.7. The Bertz CT molecular complexity index is 1620. The largest absolute Gasteiger partial charge is 0.507 e. The number of benzene rings is 3. The van der Waals surface area contributed by atoms with Crippen molar-refractivity contribution < 1.29 is 24.2 Å². The van der Waals surface area contributed by atoms with Crippen LogP contribution in [-0.4, -0.2) is 43.3 Å². The Morgan fingerprint density at radius 3 is 2.51 bits per heavy atom. The van der Waals surface area contributed by atoms with E-state index in [1.165, 1.54) is 10.5 Å². The Balaban J connectivity index is 1.20. The summed E-state index contributed by atoms with van der Waals surface area (Å²) >= 11 is 3.51.